The molecule has 0 aromatic carbocycles. The third kappa shape index (κ3) is 46.2. The molecule has 362 valence electrons. The van der Waals surface area contributed by atoms with E-state index < -0.39 is 20.0 Å². The average Bonchev–Trinajstić information content (AvgIpc) is 3.23. The molecule has 3 atom stereocenters. The Balaban J connectivity index is 4.25. The topological polar surface area (TPSA) is 105 Å². The molecule has 0 rings (SSSR count). The first-order valence-electron chi connectivity index (χ1n) is 25.7. The van der Waals surface area contributed by atoms with Crippen molar-refractivity contribution in [2.45, 2.75) is 231 Å². The molecule has 0 fully saturated rings. The summed E-state index contributed by atoms with van der Waals surface area (Å²) in [6.45, 7) is 4.65. The van der Waals surface area contributed by atoms with E-state index in [0.717, 1.165) is 44.9 Å². The fourth-order valence-corrected chi connectivity index (χ4v) is 7.97. The number of hydrogen-bond acceptors (Lipinski definition) is 5. The van der Waals surface area contributed by atoms with Crippen LogP contribution >= 0.6 is 7.82 Å². The summed E-state index contributed by atoms with van der Waals surface area (Å²) in [5, 5.41) is 13.8. The van der Waals surface area contributed by atoms with Crippen LogP contribution in [0.15, 0.2) is 60.8 Å². The van der Waals surface area contributed by atoms with Gasteiger partial charge in [0.2, 0.25) is 5.91 Å². The Morgan fingerprint density at radius 2 is 0.968 bits per heavy atom. The first-order valence-corrected chi connectivity index (χ1v) is 27.2. The van der Waals surface area contributed by atoms with Crippen molar-refractivity contribution in [2.24, 2.45) is 0 Å². The van der Waals surface area contributed by atoms with Gasteiger partial charge in [-0.2, -0.15) is 0 Å². The van der Waals surface area contributed by atoms with Crippen LogP contribution < -0.4 is 5.32 Å². The lowest BCUT2D eigenvalue weighted by molar-refractivity contribution is -0.870. The third-order valence-corrected chi connectivity index (χ3v) is 12.2. The molecule has 0 saturated carbocycles. The molecule has 0 aliphatic heterocycles. The lowest BCUT2D eigenvalue weighted by atomic mass is 10.0. The van der Waals surface area contributed by atoms with Gasteiger partial charge in [-0.25, -0.2) is 4.57 Å². The zero-order valence-corrected chi connectivity index (χ0v) is 42.0. The molecule has 62 heavy (non-hydrogen) atoms. The molecular weight excluding hydrogens is 792 g/mol. The minimum absolute atomic E-state index is 0.0469. The van der Waals surface area contributed by atoms with Gasteiger partial charge < -0.3 is 19.8 Å². The van der Waals surface area contributed by atoms with Gasteiger partial charge in [-0.1, -0.05) is 229 Å². The van der Waals surface area contributed by atoms with Crippen LogP contribution in [0.1, 0.15) is 219 Å². The predicted octanol–water partition coefficient (Wildman–Crippen LogP) is 15.0. The normalized spacial score (nSPS) is 14.6. The fourth-order valence-electron chi connectivity index (χ4n) is 7.23. The van der Waals surface area contributed by atoms with Gasteiger partial charge >= 0.3 is 7.82 Å². The second-order valence-corrected chi connectivity index (χ2v) is 20.0. The van der Waals surface area contributed by atoms with Gasteiger partial charge in [-0.05, 0) is 44.9 Å². The maximum atomic E-state index is 12.8. The molecule has 3 N–H and O–H groups in total. The number of quaternary nitrogens is 1. The number of aliphatic hydroxyl groups excluding tert-OH is 1. The van der Waals surface area contributed by atoms with Gasteiger partial charge in [-0.15, -0.1) is 0 Å². The van der Waals surface area contributed by atoms with E-state index in [0.29, 0.717) is 17.4 Å². The Labute approximate surface area is 383 Å². The number of hydrogen-bond donors (Lipinski definition) is 3. The van der Waals surface area contributed by atoms with E-state index >= 15 is 0 Å². The largest absolute Gasteiger partial charge is 0.472 e. The molecule has 0 spiro atoms. The maximum Gasteiger partial charge on any atom is 0.472 e. The zero-order chi connectivity index (χ0) is 45.7. The molecule has 0 aromatic heterocycles. The Morgan fingerprint density at radius 3 is 1.39 bits per heavy atom. The Bertz CT molecular complexity index is 1190. The minimum Gasteiger partial charge on any atom is -0.387 e. The molecule has 9 heteroatoms. The number of carbonyl (C=O) groups is 1. The van der Waals surface area contributed by atoms with Crippen molar-refractivity contribution >= 4 is 13.7 Å². The lowest BCUT2D eigenvalue weighted by Crippen LogP contribution is -2.45. The van der Waals surface area contributed by atoms with Crippen LogP contribution in [-0.4, -0.2) is 73.4 Å². The van der Waals surface area contributed by atoms with Gasteiger partial charge in [-0.3, -0.25) is 13.8 Å². The molecule has 0 aromatic rings. The summed E-state index contributed by atoms with van der Waals surface area (Å²) in [6.07, 6.45) is 59.1. The monoisotopic (exact) mass is 892 g/mol. The van der Waals surface area contributed by atoms with E-state index in [-0.39, 0.29) is 25.5 Å². The van der Waals surface area contributed by atoms with Crippen LogP contribution in [-0.2, 0) is 18.4 Å². The Hall–Kier alpha value is -1.80. The molecule has 0 aliphatic rings. The van der Waals surface area contributed by atoms with Crippen molar-refractivity contribution in [3.63, 3.8) is 0 Å². The van der Waals surface area contributed by atoms with Crippen LogP contribution in [0.25, 0.3) is 0 Å². The molecule has 0 bridgehead atoms. The third-order valence-electron chi connectivity index (χ3n) is 11.3. The number of rotatable bonds is 46. The van der Waals surface area contributed by atoms with E-state index in [1.165, 1.54) is 148 Å². The van der Waals surface area contributed by atoms with Crippen LogP contribution in [0.2, 0.25) is 0 Å². The molecule has 0 aliphatic carbocycles. The van der Waals surface area contributed by atoms with Crippen LogP contribution in [0.5, 0.6) is 0 Å². The molecule has 0 saturated heterocycles. The fraction of sp³-hybridized carbons (Fsp3) is 0.792. The van der Waals surface area contributed by atoms with E-state index in [1.54, 1.807) is 6.08 Å². The quantitative estimate of drug-likeness (QED) is 0.0243. The smallest absolute Gasteiger partial charge is 0.387 e. The van der Waals surface area contributed by atoms with E-state index in [4.69, 9.17) is 9.05 Å². The number of phosphoric acid groups is 1. The van der Waals surface area contributed by atoms with Gasteiger partial charge in [0.25, 0.3) is 0 Å². The molecule has 8 nitrogen and oxygen atoms in total. The molecule has 1 amide bonds. The standard InChI is InChI=1S/C53H99N2O6P/c1-6-8-10-12-14-16-18-20-21-22-23-24-25-26-27-28-29-30-31-32-33-35-36-38-40-42-44-46-52(56)51(50-61-62(58,59)60-49-48-55(3,4)5)54-53(57)47-45-43-41-39-37-34-19-17-15-13-11-9-7-2/h9,11,15,17,34,37,41,43-44,46,51-52,56H,6-8,10,12-14,16,18-33,35-36,38-40,42,45,47-50H2,1-5H3,(H-,54,57,58,59)/p+1/b11-9-,17-15-,37-34-,43-41-,46-44+. The Morgan fingerprint density at radius 1 is 0.565 bits per heavy atom. The van der Waals surface area contributed by atoms with E-state index in [1.807, 2.05) is 39.4 Å². The highest BCUT2D eigenvalue weighted by molar-refractivity contribution is 7.47. The van der Waals surface area contributed by atoms with E-state index in [9.17, 15) is 19.4 Å². The van der Waals surface area contributed by atoms with Crippen molar-refractivity contribution in [1.82, 2.24) is 5.32 Å². The number of nitrogens with zero attached hydrogens (tertiary/aromatic N) is 1. The van der Waals surface area contributed by atoms with Gasteiger partial charge in [0.15, 0.2) is 0 Å². The number of carbonyl (C=O) groups excluding carboxylic acids is 1. The Kier molecular flexibility index (Phi) is 43.1. The average molecular weight is 892 g/mol. The minimum atomic E-state index is -4.36. The van der Waals surface area contributed by atoms with Gasteiger partial charge in [0, 0.05) is 6.42 Å². The summed E-state index contributed by atoms with van der Waals surface area (Å²) >= 11 is 0. The summed E-state index contributed by atoms with van der Waals surface area (Å²) in [6, 6.07) is -0.886. The van der Waals surface area contributed by atoms with Crippen LogP contribution in [0.3, 0.4) is 0 Å². The number of unbranched alkanes of at least 4 members (excludes halogenated alkanes) is 25. The first-order chi connectivity index (χ1) is 30.0. The number of phosphoric ester groups is 1. The molecule has 0 radical (unpaired) electrons. The van der Waals surface area contributed by atoms with Crippen molar-refractivity contribution in [1.29, 1.82) is 0 Å². The van der Waals surface area contributed by atoms with Crippen molar-refractivity contribution < 1.29 is 32.9 Å². The van der Waals surface area contributed by atoms with Crippen LogP contribution in [0, 0.1) is 0 Å². The summed E-state index contributed by atoms with van der Waals surface area (Å²) in [5.74, 6) is -0.257. The summed E-state index contributed by atoms with van der Waals surface area (Å²) in [7, 11) is 1.53. The number of likely N-dealkylation sites (N-methyl/N-ethyl adjacent to an activating group) is 1. The highest BCUT2D eigenvalue weighted by atomic mass is 31.2. The van der Waals surface area contributed by atoms with Crippen molar-refractivity contribution in [2.75, 3.05) is 40.9 Å². The molecule has 3 unspecified atom stereocenters. The van der Waals surface area contributed by atoms with Gasteiger partial charge in [0.1, 0.15) is 13.2 Å². The van der Waals surface area contributed by atoms with Gasteiger partial charge in [0.05, 0.1) is 39.9 Å². The van der Waals surface area contributed by atoms with Crippen LogP contribution in [0.4, 0.5) is 0 Å². The van der Waals surface area contributed by atoms with Crippen molar-refractivity contribution in [3.8, 4) is 0 Å². The second kappa shape index (κ2) is 44.4. The SMILES string of the molecule is CC/C=C\C/C=C\C/C=C\C/C=C\CCC(=O)NC(COP(=O)(O)OCC[N+](C)(C)C)C(O)/C=C/CCCCCCCCCCCCCCCCCCCCCCCCCCC. The lowest BCUT2D eigenvalue weighted by Gasteiger charge is -2.25. The number of amides is 1. The summed E-state index contributed by atoms with van der Waals surface area (Å²) in [4.78, 5) is 23.1. The molecule has 0 heterocycles. The second-order valence-electron chi connectivity index (χ2n) is 18.5. The first kappa shape index (κ1) is 60.2. The number of allylic oxidation sites excluding steroid dienone is 9. The predicted molar refractivity (Wildman–Crippen MR) is 267 cm³/mol. The van der Waals surface area contributed by atoms with Crippen molar-refractivity contribution in [3.05, 3.63) is 60.8 Å². The highest BCUT2D eigenvalue weighted by Crippen LogP contribution is 2.43. The van der Waals surface area contributed by atoms with E-state index in [2.05, 4.69) is 55.6 Å². The molecular formula is C53H100N2O6P+. The summed E-state index contributed by atoms with van der Waals surface area (Å²) < 4.78 is 23.6. The zero-order valence-electron chi connectivity index (χ0n) is 41.1. The number of aliphatic hydroxyl groups is 1. The highest BCUT2D eigenvalue weighted by Gasteiger charge is 2.27. The summed E-state index contributed by atoms with van der Waals surface area (Å²) in [5.41, 5.74) is 0. The maximum absolute atomic E-state index is 12.8. The number of nitrogens with one attached hydrogen (secondary N) is 1.